The number of hydrogen-bond acceptors (Lipinski definition) is 4. The van der Waals surface area contributed by atoms with Crippen molar-refractivity contribution < 1.29 is 27.5 Å². The van der Waals surface area contributed by atoms with Crippen molar-refractivity contribution in [3.05, 3.63) is 33.7 Å². The van der Waals surface area contributed by atoms with Crippen LogP contribution in [0.15, 0.2) is 16.9 Å². The summed E-state index contributed by atoms with van der Waals surface area (Å²) in [4.78, 5) is 37.1. The van der Waals surface area contributed by atoms with Crippen LogP contribution in [0.5, 0.6) is 0 Å². The molecule has 0 unspecified atom stereocenters. The highest BCUT2D eigenvalue weighted by Gasteiger charge is 2.36. The summed E-state index contributed by atoms with van der Waals surface area (Å²) in [6.07, 6.45) is -5.41. The number of aromatic nitrogens is 1. The van der Waals surface area contributed by atoms with Crippen molar-refractivity contribution in [2.45, 2.75) is 38.8 Å². The highest BCUT2D eigenvalue weighted by atomic mass is 19.4. The minimum atomic E-state index is -4.86. The molecule has 0 saturated carbocycles. The van der Waals surface area contributed by atoms with Gasteiger partial charge in [0.1, 0.15) is 17.8 Å². The van der Waals surface area contributed by atoms with Gasteiger partial charge in [0.05, 0.1) is 12.2 Å². The Hall–Kier alpha value is -2.36. The number of alkyl halides is 3. The molecule has 25 heavy (non-hydrogen) atoms. The van der Waals surface area contributed by atoms with Gasteiger partial charge in [0, 0.05) is 13.1 Å². The van der Waals surface area contributed by atoms with Crippen molar-refractivity contribution in [3.63, 3.8) is 0 Å². The van der Waals surface area contributed by atoms with Crippen molar-refractivity contribution in [2.75, 3.05) is 13.1 Å². The Bertz CT molecular complexity index is 735. The highest BCUT2D eigenvalue weighted by Crippen LogP contribution is 2.28. The predicted molar refractivity (Wildman–Crippen MR) is 80.8 cm³/mol. The van der Waals surface area contributed by atoms with Crippen LogP contribution in [0.2, 0.25) is 0 Å². The van der Waals surface area contributed by atoms with E-state index in [1.807, 2.05) is 0 Å². The molecule has 138 valence electrons. The zero-order valence-corrected chi connectivity index (χ0v) is 13.7. The summed E-state index contributed by atoms with van der Waals surface area (Å²) >= 11 is 0. The van der Waals surface area contributed by atoms with Gasteiger partial charge in [-0.2, -0.15) is 13.2 Å². The summed E-state index contributed by atoms with van der Waals surface area (Å²) < 4.78 is 45.2. The smallest absolute Gasteiger partial charge is 0.372 e. The number of nitrogens with two attached hydrogens (primary N) is 1. The van der Waals surface area contributed by atoms with E-state index < -0.39 is 41.4 Å². The van der Waals surface area contributed by atoms with Gasteiger partial charge in [0.25, 0.3) is 11.5 Å². The number of halogens is 3. The number of morpholine rings is 1. The SMILES string of the molecule is C[C@@H]1CN(C(=O)Cn2c(C(F)(F)F)ccc(C(N)=O)c2=O)C[C@H](C)O1. The van der Waals surface area contributed by atoms with E-state index in [1.54, 1.807) is 13.8 Å². The molecule has 10 heteroatoms. The van der Waals surface area contributed by atoms with E-state index in [0.717, 1.165) is 0 Å². The van der Waals surface area contributed by atoms with Crippen LogP contribution in [0.3, 0.4) is 0 Å². The fourth-order valence-electron chi connectivity index (χ4n) is 2.79. The second-order valence-corrected chi connectivity index (χ2v) is 5.94. The van der Waals surface area contributed by atoms with Crippen LogP contribution >= 0.6 is 0 Å². The summed E-state index contributed by atoms with van der Waals surface area (Å²) in [5.41, 5.74) is 1.84. The number of hydrogen-bond donors (Lipinski definition) is 1. The standard InChI is InChI=1S/C15H18F3N3O4/c1-8-5-20(6-9(2)25-8)12(22)7-21-11(15(16,17)18)4-3-10(13(19)23)14(21)24/h3-4,8-9H,5-7H2,1-2H3,(H2,19,23)/t8-,9+. The summed E-state index contributed by atoms with van der Waals surface area (Å²) in [6.45, 7) is 3.03. The van der Waals surface area contributed by atoms with Crippen LogP contribution in [0.4, 0.5) is 13.2 Å². The van der Waals surface area contributed by atoms with E-state index in [4.69, 9.17) is 10.5 Å². The second-order valence-electron chi connectivity index (χ2n) is 5.94. The fourth-order valence-corrected chi connectivity index (χ4v) is 2.79. The zero-order valence-electron chi connectivity index (χ0n) is 13.7. The molecule has 7 nitrogen and oxygen atoms in total. The molecule has 1 saturated heterocycles. The summed E-state index contributed by atoms with van der Waals surface area (Å²) in [5.74, 6) is -1.83. The lowest BCUT2D eigenvalue weighted by atomic mass is 10.2. The average molecular weight is 361 g/mol. The van der Waals surface area contributed by atoms with Gasteiger partial charge >= 0.3 is 6.18 Å². The van der Waals surface area contributed by atoms with Crippen molar-refractivity contribution in [1.82, 2.24) is 9.47 Å². The maximum Gasteiger partial charge on any atom is 0.431 e. The average Bonchev–Trinajstić information content (AvgIpc) is 2.46. The molecular weight excluding hydrogens is 343 g/mol. The monoisotopic (exact) mass is 361 g/mol. The first-order chi connectivity index (χ1) is 11.5. The molecule has 2 atom stereocenters. The number of carbonyl (C=O) groups is 2. The van der Waals surface area contributed by atoms with Crippen LogP contribution < -0.4 is 11.3 Å². The topological polar surface area (TPSA) is 94.6 Å². The molecule has 1 aliphatic heterocycles. The lowest BCUT2D eigenvalue weighted by Gasteiger charge is -2.35. The number of nitrogens with zero attached hydrogens (tertiary/aromatic N) is 2. The minimum absolute atomic E-state index is 0.203. The third-order valence-corrected chi connectivity index (χ3v) is 3.80. The van der Waals surface area contributed by atoms with Crippen molar-refractivity contribution in [1.29, 1.82) is 0 Å². The maximum atomic E-state index is 13.2. The van der Waals surface area contributed by atoms with Crippen LogP contribution in [0.1, 0.15) is 29.9 Å². The van der Waals surface area contributed by atoms with Crippen molar-refractivity contribution in [2.24, 2.45) is 5.73 Å². The fraction of sp³-hybridized carbons (Fsp3) is 0.533. The van der Waals surface area contributed by atoms with E-state index in [1.165, 1.54) is 4.90 Å². The lowest BCUT2D eigenvalue weighted by molar-refractivity contribution is -0.149. The van der Waals surface area contributed by atoms with Crippen LogP contribution in [-0.2, 0) is 22.3 Å². The Labute approximate surface area is 141 Å². The van der Waals surface area contributed by atoms with Gasteiger partial charge in [-0.05, 0) is 26.0 Å². The second kappa shape index (κ2) is 6.87. The van der Waals surface area contributed by atoms with Gasteiger partial charge in [0.15, 0.2) is 0 Å². The van der Waals surface area contributed by atoms with Gasteiger partial charge in [-0.1, -0.05) is 0 Å². The molecule has 0 aromatic carbocycles. The van der Waals surface area contributed by atoms with E-state index in [2.05, 4.69) is 0 Å². The van der Waals surface area contributed by atoms with Crippen LogP contribution in [-0.4, -0.2) is 46.6 Å². The first-order valence-electron chi connectivity index (χ1n) is 7.54. The maximum absolute atomic E-state index is 13.2. The molecule has 1 fully saturated rings. The molecule has 0 aliphatic carbocycles. The Balaban J connectivity index is 2.40. The molecule has 0 radical (unpaired) electrons. The molecule has 1 aromatic rings. The third-order valence-electron chi connectivity index (χ3n) is 3.80. The first-order valence-corrected chi connectivity index (χ1v) is 7.54. The Morgan fingerprint density at radius 1 is 1.24 bits per heavy atom. The van der Waals surface area contributed by atoms with Crippen molar-refractivity contribution in [3.8, 4) is 0 Å². The van der Waals surface area contributed by atoms with Crippen LogP contribution in [0, 0.1) is 0 Å². The highest BCUT2D eigenvalue weighted by molar-refractivity contribution is 5.92. The molecule has 1 aliphatic rings. The van der Waals surface area contributed by atoms with Gasteiger partial charge in [-0.25, -0.2) is 0 Å². The molecule has 1 aromatic heterocycles. The van der Waals surface area contributed by atoms with E-state index in [0.29, 0.717) is 12.1 Å². The quantitative estimate of drug-likeness (QED) is 0.853. The lowest BCUT2D eigenvalue weighted by Crippen LogP contribution is -2.50. The molecule has 2 N–H and O–H groups in total. The number of primary amides is 1. The Morgan fingerprint density at radius 2 is 1.80 bits per heavy atom. The summed E-state index contributed by atoms with van der Waals surface area (Å²) in [7, 11) is 0. The molecule has 0 bridgehead atoms. The Morgan fingerprint density at radius 3 is 2.28 bits per heavy atom. The number of carbonyl (C=O) groups excluding carboxylic acids is 2. The molecule has 2 rings (SSSR count). The molecule has 2 heterocycles. The minimum Gasteiger partial charge on any atom is -0.372 e. The van der Waals surface area contributed by atoms with E-state index in [-0.39, 0.29) is 29.9 Å². The van der Waals surface area contributed by atoms with Crippen LogP contribution in [0.25, 0.3) is 0 Å². The number of amides is 2. The van der Waals surface area contributed by atoms with Crippen molar-refractivity contribution >= 4 is 11.8 Å². The Kier molecular flexibility index (Phi) is 5.21. The molecular formula is C15H18F3N3O4. The van der Waals surface area contributed by atoms with E-state index in [9.17, 15) is 27.6 Å². The van der Waals surface area contributed by atoms with E-state index >= 15 is 0 Å². The van der Waals surface area contributed by atoms with Gasteiger partial charge in [0.2, 0.25) is 5.91 Å². The number of pyridine rings is 1. The summed E-state index contributed by atoms with van der Waals surface area (Å²) in [6, 6.07) is 1.28. The summed E-state index contributed by atoms with van der Waals surface area (Å²) in [5, 5.41) is 0. The molecule has 0 spiro atoms. The number of rotatable bonds is 3. The largest absolute Gasteiger partial charge is 0.431 e. The first kappa shape index (κ1) is 19.0. The third kappa shape index (κ3) is 4.19. The van der Waals surface area contributed by atoms with Gasteiger partial charge < -0.3 is 15.4 Å². The predicted octanol–water partition coefficient (Wildman–Crippen LogP) is 0.602. The molecule has 2 amide bonds. The zero-order chi connectivity index (χ0) is 18.9. The van der Waals surface area contributed by atoms with Gasteiger partial charge in [-0.15, -0.1) is 0 Å². The normalized spacial score (nSPS) is 21.2. The number of ether oxygens (including phenoxy) is 1. The van der Waals surface area contributed by atoms with Gasteiger partial charge in [-0.3, -0.25) is 19.0 Å².